The van der Waals surface area contributed by atoms with E-state index in [0.29, 0.717) is 17.3 Å². The van der Waals surface area contributed by atoms with E-state index in [1.165, 1.54) is 0 Å². The topological polar surface area (TPSA) is 108 Å². The smallest absolute Gasteiger partial charge is 0.336 e. The van der Waals surface area contributed by atoms with Crippen molar-refractivity contribution in [1.29, 1.82) is 0 Å². The number of aromatic amines is 2. The molecule has 0 bridgehead atoms. The molecule has 23 heavy (non-hydrogen) atoms. The number of alkyl halides is 3. The third-order valence-electron chi connectivity index (χ3n) is 2.51. The first-order valence-corrected chi connectivity index (χ1v) is 8.07. The monoisotopic (exact) mass is 394 g/mol. The van der Waals surface area contributed by atoms with E-state index in [2.05, 4.69) is 15.5 Å². The Hall–Kier alpha value is -1.48. The fourth-order valence-corrected chi connectivity index (χ4v) is 2.84. The molecule has 1 aromatic carbocycles. The highest BCUT2D eigenvalue weighted by molar-refractivity contribution is 8.00. The summed E-state index contributed by atoms with van der Waals surface area (Å²) >= 11 is 18.2. The van der Waals surface area contributed by atoms with Gasteiger partial charge in [0.25, 0.3) is 11.5 Å². The molecule has 0 radical (unpaired) electrons. The molecule has 0 spiro atoms. The number of nitrogens with zero attached hydrogens (tertiary/aromatic N) is 1. The van der Waals surface area contributed by atoms with Gasteiger partial charge in [-0.15, -0.1) is 0 Å². The van der Waals surface area contributed by atoms with Crippen LogP contribution in [-0.2, 0) is 0 Å². The summed E-state index contributed by atoms with van der Waals surface area (Å²) in [4.78, 5) is 36.8. The molecule has 122 valence electrons. The Morgan fingerprint density at radius 3 is 2.43 bits per heavy atom. The van der Waals surface area contributed by atoms with Gasteiger partial charge in [0.1, 0.15) is 5.37 Å². The lowest BCUT2D eigenvalue weighted by Crippen LogP contribution is -2.42. The Bertz CT molecular complexity index is 803. The number of carbonyl (C=O) groups is 1. The van der Waals surface area contributed by atoms with Crippen molar-refractivity contribution in [1.82, 2.24) is 20.5 Å². The van der Waals surface area contributed by atoms with Crippen LogP contribution in [-0.4, -0.2) is 30.3 Å². The Morgan fingerprint density at radius 1 is 1.22 bits per heavy atom. The summed E-state index contributed by atoms with van der Waals surface area (Å²) in [6.07, 6.45) is 0. The number of halogens is 3. The first-order chi connectivity index (χ1) is 10.8. The second kappa shape index (κ2) is 7.39. The van der Waals surface area contributed by atoms with Crippen molar-refractivity contribution in [2.45, 2.75) is 14.2 Å². The number of carbonyl (C=O) groups excluding carboxylic acids is 1. The van der Waals surface area contributed by atoms with Crippen molar-refractivity contribution in [2.24, 2.45) is 0 Å². The Morgan fingerprint density at radius 2 is 1.87 bits per heavy atom. The number of nitrogens with one attached hydrogen (secondary N) is 3. The third-order valence-corrected chi connectivity index (χ3v) is 4.76. The number of hydrogen-bond acceptors (Lipinski definition) is 5. The molecule has 1 amide bonds. The maximum atomic E-state index is 12.2. The van der Waals surface area contributed by atoms with Crippen molar-refractivity contribution in [3.8, 4) is 0 Å². The molecule has 0 fully saturated rings. The molecule has 3 N–H and O–H groups in total. The zero-order valence-electron chi connectivity index (χ0n) is 11.2. The summed E-state index contributed by atoms with van der Waals surface area (Å²) in [6, 6.07) is 8.28. The van der Waals surface area contributed by atoms with E-state index in [1.807, 2.05) is 4.98 Å². The first-order valence-electron chi connectivity index (χ1n) is 6.05. The van der Waals surface area contributed by atoms with E-state index in [4.69, 9.17) is 34.8 Å². The summed E-state index contributed by atoms with van der Waals surface area (Å²) in [6.45, 7) is 0. The van der Waals surface area contributed by atoms with Crippen LogP contribution in [0.15, 0.2) is 44.9 Å². The molecule has 0 saturated carbocycles. The molecule has 7 nitrogen and oxygen atoms in total. The second-order valence-electron chi connectivity index (χ2n) is 4.19. The van der Waals surface area contributed by atoms with Gasteiger partial charge in [0, 0.05) is 5.56 Å². The molecule has 1 heterocycles. The summed E-state index contributed by atoms with van der Waals surface area (Å²) in [5.74, 6) is -0.490. The van der Waals surface area contributed by atoms with Crippen LogP contribution in [0.4, 0.5) is 0 Å². The third kappa shape index (κ3) is 5.00. The molecule has 1 aromatic heterocycles. The SMILES string of the molecule is O=C(NC(Sc1n[nH]c(=O)[nH]c1=O)C(Cl)(Cl)Cl)c1ccccc1. The highest BCUT2D eigenvalue weighted by Gasteiger charge is 2.36. The highest BCUT2D eigenvalue weighted by Crippen LogP contribution is 2.37. The minimum Gasteiger partial charge on any atom is -0.336 e. The maximum absolute atomic E-state index is 12.2. The Labute approximate surface area is 148 Å². The largest absolute Gasteiger partial charge is 0.342 e. The lowest BCUT2D eigenvalue weighted by molar-refractivity contribution is 0.0950. The molecule has 1 unspecified atom stereocenters. The Kier molecular flexibility index (Phi) is 5.74. The van der Waals surface area contributed by atoms with Crippen LogP contribution >= 0.6 is 46.6 Å². The van der Waals surface area contributed by atoms with Gasteiger partial charge in [-0.1, -0.05) is 64.8 Å². The Balaban J connectivity index is 2.23. The van der Waals surface area contributed by atoms with Gasteiger partial charge in [-0.2, -0.15) is 5.10 Å². The van der Waals surface area contributed by atoms with Gasteiger partial charge >= 0.3 is 5.69 Å². The van der Waals surface area contributed by atoms with Crippen LogP contribution in [0, 0.1) is 0 Å². The summed E-state index contributed by atoms with van der Waals surface area (Å²) in [5, 5.41) is 6.86. The molecule has 0 aliphatic rings. The van der Waals surface area contributed by atoms with Crippen LogP contribution in [0.25, 0.3) is 0 Å². The summed E-state index contributed by atoms with van der Waals surface area (Å²) < 4.78 is -1.92. The van der Waals surface area contributed by atoms with Crippen LogP contribution in [0.5, 0.6) is 0 Å². The van der Waals surface area contributed by atoms with Crippen molar-refractivity contribution in [3.63, 3.8) is 0 Å². The zero-order chi connectivity index (χ0) is 17.0. The first kappa shape index (κ1) is 17.9. The molecule has 0 aliphatic heterocycles. The van der Waals surface area contributed by atoms with Crippen molar-refractivity contribution < 1.29 is 4.79 Å². The van der Waals surface area contributed by atoms with E-state index in [0.717, 1.165) is 0 Å². The van der Waals surface area contributed by atoms with E-state index < -0.39 is 26.3 Å². The zero-order valence-corrected chi connectivity index (χ0v) is 14.3. The van der Waals surface area contributed by atoms with E-state index in [9.17, 15) is 14.4 Å². The molecule has 11 heteroatoms. The van der Waals surface area contributed by atoms with Crippen LogP contribution < -0.4 is 16.6 Å². The highest BCUT2D eigenvalue weighted by atomic mass is 35.6. The van der Waals surface area contributed by atoms with Crippen LogP contribution in [0.2, 0.25) is 0 Å². The summed E-state index contributed by atoms with van der Waals surface area (Å²) in [7, 11) is 0. The quantitative estimate of drug-likeness (QED) is 0.415. The standard InChI is InChI=1S/C12H9Cl3N4O3S/c13-12(14,15)10(16-7(20)6-4-2-1-3-5-6)23-9-8(21)17-11(22)19-18-9/h1-5,10H,(H,16,20)(H2,17,19,21,22). The molecule has 0 aliphatic carbocycles. The van der Waals surface area contributed by atoms with Gasteiger partial charge in [0.2, 0.25) is 3.79 Å². The van der Waals surface area contributed by atoms with Gasteiger partial charge in [-0.05, 0) is 12.1 Å². The van der Waals surface area contributed by atoms with Gasteiger partial charge in [-0.25, -0.2) is 9.89 Å². The van der Waals surface area contributed by atoms with Gasteiger partial charge in [0.05, 0.1) is 0 Å². The second-order valence-corrected chi connectivity index (χ2v) is 7.65. The van der Waals surface area contributed by atoms with Crippen LogP contribution in [0.1, 0.15) is 10.4 Å². The van der Waals surface area contributed by atoms with E-state index >= 15 is 0 Å². The molecule has 2 aromatic rings. The van der Waals surface area contributed by atoms with Gasteiger partial charge in [-0.3, -0.25) is 14.6 Å². The summed E-state index contributed by atoms with van der Waals surface area (Å²) in [5.41, 5.74) is -1.17. The normalized spacial score (nSPS) is 12.7. The predicted molar refractivity (Wildman–Crippen MR) is 89.3 cm³/mol. The molecule has 1 atom stereocenters. The lowest BCUT2D eigenvalue weighted by atomic mass is 10.2. The van der Waals surface area contributed by atoms with E-state index in [-0.39, 0.29) is 5.03 Å². The number of hydrogen-bond donors (Lipinski definition) is 3. The van der Waals surface area contributed by atoms with Crippen LogP contribution in [0.3, 0.4) is 0 Å². The lowest BCUT2D eigenvalue weighted by Gasteiger charge is -2.24. The van der Waals surface area contributed by atoms with Gasteiger partial charge < -0.3 is 5.32 Å². The van der Waals surface area contributed by atoms with Crippen molar-refractivity contribution in [3.05, 3.63) is 56.7 Å². The maximum Gasteiger partial charge on any atom is 0.342 e. The number of rotatable bonds is 4. The molecule has 0 saturated heterocycles. The average molecular weight is 396 g/mol. The predicted octanol–water partition coefficient (Wildman–Crippen LogP) is 1.68. The minimum atomic E-state index is -1.92. The molecular formula is C12H9Cl3N4O3S. The number of H-pyrrole nitrogens is 2. The number of thioether (sulfide) groups is 1. The molecular weight excluding hydrogens is 387 g/mol. The number of aromatic nitrogens is 3. The molecule has 2 rings (SSSR count). The van der Waals surface area contributed by atoms with E-state index in [1.54, 1.807) is 30.3 Å². The van der Waals surface area contributed by atoms with Gasteiger partial charge in [0.15, 0.2) is 5.03 Å². The van der Waals surface area contributed by atoms with Crippen molar-refractivity contribution in [2.75, 3.05) is 0 Å². The number of amides is 1. The fraction of sp³-hybridized carbons (Fsp3) is 0.167. The fourth-order valence-electron chi connectivity index (χ4n) is 1.50. The van der Waals surface area contributed by atoms with Crippen molar-refractivity contribution >= 4 is 52.5 Å². The average Bonchev–Trinajstić information content (AvgIpc) is 2.48. The minimum absolute atomic E-state index is 0.158. The number of benzene rings is 1.